The van der Waals surface area contributed by atoms with E-state index in [0.717, 1.165) is 143 Å². The maximum Gasteiger partial charge on any atom is 0.0701 e. The van der Waals surface area contributed by atoms with E-state index < -0.39 is 0 Å². The fraction of sp³-hybridized carbons (Fsp3) is 1.00. The summed E-state index contributed by atoms with van der Waals surface area (Å²) in [5, 5.41) is 69.5. The number of nitrogens with zero attached hydrogens (tertiary/aromatic N) is 1. The molecule has 0 aliphatic heterocycles. The molecule has 0 aromatic heterocycles. The van der Waals surface area contributed by atoms with Gasteiger partial charge in [0.15, 0.2) is 0 Å². The third-order valence-electron chi connectivity index (χ3n) is 19.1. The lowest BCUT2D eigenvalue weighted by Gasteiger charge is -2.19. The summed E-state index contributed by atoms with van der Waals surface area (Å²) in [5.41, 5.74) is 5.34. The zero-order valence-corrected chi connectivity index (χ0v) is 70.3. The SMILES string of the molecule is C.CCCCCCCCCCCCC(C)C(O)CNCCOCCOCCN.CCCCCCCCCCCCC(O)CNCCN(C)CCNC.CCCCCCCCCCCCC(O)CNCCNCCNCCNC.CCCCCCCCCCCCC(O)CNCCOCCOCCNC. The number of likely N-dealkylation sites (N-methyl/N-ethyl adjacent to an activating group) is 4. The monoisotopic (exact) mass is 1490 g/mol. The second-order valence-corrected chi connectivity index (χ2v) is 29.6. The zero-order chi connectivity index (χ0) is 76.2. The van der Waals surface area contributed by atoms with Crippen molar-refractivity contribution in [1.29, 1.82) is 0 Å². The molecule has 0 radical (unpaired) electrons. The molecule has 0 saturated heterocycles. The summed E-state index contributed by atoms with van der Waals surface area (Å²) in [5.74, 6) is 0.358. The Morgan fingerprint density at radius 1 is 0.288 bits per heavy atom. The lowest BCUT2D eigenvalue weighted by Crippen LogP contribution is -2.36. The van der Waals surface area contributed by atoms with E-state index in [0.29, 0.717) is 71.8 Å². The second-order valence-electron chi connectivity index (χ2n) is 29.6. The van der Waals surface area contributed by atoms with Gasteiger partial charge in [-0.3, -0.25) is 0 Å². The topological polar surface area (TPSA) is 255 Å². The largest absolute Gasteiger partial charge is 0.392 e. The average molecular weight is 1500 g/mol. The highest BCUT2D eigenvalue weighted by Gasteiger charge is 2.14. The van der Waals surface area contributed by atoms with Gasteiger partial charge >= 0.3 is 0 Å². The molecule has 0 aromatic carbocycles. The van der Waals surface area contributed by atoms with Gasteiger partial charge in [0.25, 0.3) is 0 Å². The van der Waals surface area contributed by atoms with E-state index in [1.54, 1.807) is 0 Å². The lowest BCUT2D eigenvalue weighted by molar-refractivity contribution is 0.0493. The van der Waals surface area contributed by atoms with Crippen LogP contribution in [0.1, 0.15) is 325 Å². The van der Waals surface area contributed by atoms with Crippen LogP contribution in [0.3, 0.4) is 0 Å². The van der Waals surface area contributed by atoms with Crippen molar-refractivity contribution in [1.82, 2.24) is 52.8 Å². The molecular weight excluding hydrogens is 1300 g/mol. The number of rotatable bonds is 85. The Morgan fingerprint density at radius 2 is 0.548 bits per heavy atom. The molecule has 0 aliphatic rings. The number of unbranched alkanes of at least 4 members (excludes halogenated alkanes) is 36. The molecule has 634 valence electrons. The summed E-state index contributed by atoms with van der Waals surface area (Å²) in [6.07, 6.45) is 57.1. The highest BCUT2D eigenvalue weighted by atomic mass is 16.5. The molecule has 0 heterocycles. The van der Waals surface area contributed by atoms with Gasteiger partial charge in [-0.1, -0.05) is 299 Å². The van der Waals surface area contributed by atoms with Crippen molar-refractivity contribution in [3.05, 3.63) is 0 Å². The fourth-order valence-corrected chi connectivity index (χ4v) is 12.0. The van der Waals surface area contributed by atoms with Crippen LogP contribution >= 0.6 is 0 Å². The Balaban J connectivity index is -0.000000418. The lowest BCUT2D eigenvalue weighted by atomic mass is 9.96. The van der Waals surface area contributed by atoms with Gasteiger partial charge in [0.1, 0.15) is 0 Å². The first-order chi connectivity index (χ1) is 50.5. The van der Waals surface area contributed by atoms with E-state index in [1.807, 2.05) is 21.1 Å². The summed E-state index contributed by atoms with van der Waals surface area (Å²) < 4.78 is 21.5. The molecule has 0 amide bonds. The number of nitrogens with one attached hydrogen (secondary N) is 9. The fourth-order valence-electron chi connectivity index (χ4n) is 12.0. The highest BCUT2D eigenvalue weighted by Crippen LogP contribution is 2.18. The van der Waals surface area contributed by atoms with Crippen LogP contribution in [-0.2, 0) is 18.9 Å². The van der Waals surface area contributed by atoms with Gasteiger partial charge in [-0.25, -0.2) is 0 Å². The van der Waals surface area contributed by atoms with Crippen LogP contribution in [0.25, 0.3) is 0 Å². The van der Waals surface area contributed by atoms with Gasteiger partial charge in [-0.15, -0.1) is 0 Å². The van der Waals surface area contributed by atoms with E-state index in [-0.39, 0.29) is 31.8 Å². The Hall–Kier alpha value is -0.760. The van der Waals surface area contributed by atoms with Crippen molar-refractivity contribution in [2.24, 2.45) is 11.7 Å². The summed E-state index contributed by atoms with van der Waals surface area (Å²) in [6, 6.07) is 0. The Labute approximate surface area is 648 Å². The van der Waals surface area contributed by atoms with Crippen molar-refractivity contribution in [2.45, 2.75) is 349 Å². The van der Waals surface area contributed by atoms with Crippen LogP contribution in [0.5, 0.6) is 0 Å². The Morgan fingerprint density at radius 3 is 0.885 bits per heavy atom. The van der Waals surface area contributed by atoms with E-state index in [9.17, 15) is 20.4 Å². The first-order valence-corrected chi connectivity index (χ1v) is 44.1. The first-order valence-electron chi connectivity index (χ1n) is 44.1. The highest BCUT2D eigenvalue weighted by molar-refractivity contribution is 4.69. The molecule has 0 aliphatic carbocycles. The van der Waals surface area contributed by atoms with Crippen molar-refractivity contribution >= 4 is 0 Å². The standard InChI is InChI=1S/C22H48N2O3.C21H48N4O.C21H46N2O3.C20H45N3O.CH4/c1-3-4-5-6-7-8-9-10-11-12-13-21(2)22(25)20-24-15-17-27-19-18-26-16-14-23;1-3-4-5-6-7-8-9-10-11-12-13-21(26)20-25-19-18-24-17-16-23-15-14-22-2;1-3-4-5-6-7-8-9-10-11-12-13-21(24)20-23-15-17-26-19-18-25-16-14-22-2;1-4-5-6-7-8-9-10-11-12-13-14-20(24)19-22-16-18-23(3)17-15-21-2;/h21-22,24-25H,3-20,23H2,1-2H3;21-26H,3-20H2,1-2H3;21-24H,3-20H2,1-2H3;20-22,24H,4-19H2,1-3H3;1H4. The van der Waals surface area contributed by atoms with Crippen LogP contribution < -0.4 is 53.6 Å². The summed E-state index contributed by atoms with van der Waals surface area (Å²) in [6.45, 7) is 32.0. The molecule has 19 heteroatoms. The predicted molar refractivity (Wildman–Crippen MR) is 455 cm³/mol. The second kappa shape index (κ2) is 104. The van der Waals surface area contributed by atoms with Gasteiger partial charge < -0.3 is 97.9 Å². The minimum absolute atomic E-state index is 0. The molecule has 0 spiro atoms. The van der Waals surface area contributed by atoms with Gasteiger partial charge in [0.2, 0.25) is 0 Å². The smallest absolute Gasteiger partial charge is 0.0701 e. The molecule has 5 atom stereocenters. The van der Waals surface area contributed by atoms with E-state index in [4.69, 9.17) is 24.7 Å². The van der Waals surface area contributed by atoms with Crippen molar-refractivity contribution in [3.8, 4) is 0 Å². The Kier molecular flexibility index (Phi) is 112. The van der Waals surface area contributed by atoms with Gasteiger partial charge in [0.05, 0.1) is 77.3 Å². The maximum atomic E-state index is 10.2. The summed E-state index contributed by atoms with van der Waals surface area (Å²) in [7, 11) is 8.00. The molecular formula is C85H191N11O8. The molecule has 15 N–H and O–H groups in total. The van der Waals surface area contributed by atoms with E-state index in [2.05, 4.69) is 94.4 Å². The van der Waals surface area contributed by atoms with Crippen molar-refractivity contribution in [3.63, 3.8) is 0 Å². The number of aliphatic hydroxyl groups excluding tert-OH is 4. The molecule has 104 heavy (non-hydrogen) atoms. The van der Waals surface area contributed by atoms with Gasteiger partial charge in [0, 0.05) is 118 Å². The number of aliphatic hydroxyl groups is 4. The average Bonchev–Trinajstić information content (AvgIpc) is 1.38. The van der Waals surface area contributed by atoms with E-state index in [1.165, 1.54) is 244 Å². The number of hydrogen-bond acceptors (Lipinski definition) is 19. The van der Waals surface area contributed by atoms with Crippen molar-refractivity contribution < 1.29 is 39.4 Å². The summed E-state index contributed by atoms with van der Waals surface area (Å²) >= 11 is 0. The molecule has 0 aromatic rings. The molecule has 0 rings (SSSR count). The maximum absolute atomic E-state index is 10.2. The molecule has 0 saturated carbocycles. The van der Waals surface area contributed by atoms with Crippen LogP contribution in [0.2, 0.25) is 0 Å². The summed E-state index contributed by atoms with van der Waals surface area (Å²) in [4.78, 5) is 2.30. The molecule has 0 bridgehead atoms. The van der Waals surface area contributed by atoms with Crippen LogP contribution in [-0.4, -0.2) is 249 Å². The molecule has 0 fully saturated rings. The minimum atomic E-state index is -0.267. The third-order valence-corrected chi connectivity index (χ3v) is 19.1. The predicted octanol–water partition coefficient (Wildman–Crippen LogP) is 14.1. The van der Waals surface area contributed by atoms with Crippen LogP contribution in [0.15, 0.2) is 0 Å². The Bertz CT molecular complexity index is 1340. The first kappa shape index (κ1) is 112. The number of hydrogen-bond donors (Lipinski definition) is 14. The third kappa shape index (κ3) is 108. The minimum Gasteiger partial charge on any atom is -0.392 e. The number of ether oxygens (including phenoxy) is 4. The quantitative estimate of drug-likeness (QED) is 0.0253. The molecule has 5 unspecified atom stereocenters. The van der Waals surface area contributed by atoms with Gasteiger partial charge in [-0.05, 0) is 59.8 Å². The molecule has 19 nitrogen and oxygen atoms in total. The van der Waals surface area contributed by atoms with Crippen LogP contribution in [0.4, 0.5) is 0 Å². The number of nitrogens with two attached hydrogens (primary N) is 1. The van der Waals surface area contributed by atoms with Gasteiger partial charge in [-0.2, -0.15) is 0 Å². The normalized spacial score (nSPS) is 12.8. The van der Waals surface area contributed by atoms with Crippen molar-refractivity contribution in [2.75, 3.05) is 199 Å². The van der Waals surface area contributed by atoms with E-state index >= 15 is 0 Å². The van der Waals surface area contributed by atoms with Crippen LogP contribution in [0, 0.1) is 5.92 Å². The zero-order valence-electron chi connectivity index (χ0n) is 70.3.